The SMILES string of the molecule is Fc1ccc2nc(CCl)n(Cc3cccc(Cl)c3)c2c1F. The smallest absolute Gasteiger partial charge is 0.184 e. The zero-order valence-electron chi connectivity index (χ0n) is 10.8. The average Bonchev–Trinajstić information content (AvgIpc) is 2.81. The molecule has 0 saturated carbocycles. The summed E-state index contributed by atoms with van der Waals surface area (Å²) >= 11 is 11.8. The number of hydrogen-bond acceptors (Lipinski definition) is 1. The van der Waals surface area contributed by atoms with Gasteiger partial charge in [-0.15, -0.1) is 11.6 Å². The molecule has 0 aliphatic rings. The summed E-state index contributed by atoms with van der Waals surface area (Å²) in [4.78, 5) is 4.24. The van der Waals surface area contributed by atoms with E-state index >= 15 is 0 Å². The lowest BCUT2D eigenvalue weighted by Gasteiger charge is -2.09. The molecule has 0 aliphatic heterocycles. The number of alkyl halides is 1. The highest BCUT2D eigenvalue weighted by Gasteiger charge is 2.17. The molecule has 3 aromatic rings. The second kappa shape index (κ2) is 5.62. The molecule has 108 valence electrons. The minimum absolute atomic E-state index is 0.107. The summed E-state index contributed by atoms with van der Waals surface area (Å²) in [5.74, 6) is -1.23. The maximum Gasteiger partial charge on any atom is 0.184 e. The number of benzene rings is 2. The van der Waals surface area contributed by atoms with Gasteiger partial charge < -0.3 is 4.57 Å². The number of nitrogens with zero attached hydrogens (tertiary/aromatic N) is 2. The third-order valence-corrected chi connectivity index (χ3v) is 3.70. The molecule has 21 heavy (non-hydrogen) atoms. The maximum absolute atomic E-state index is 14.1. The largest absolute Gasteiger partial charge is 0.320 e. The second-order valence-electron chi connectivity index (χ2n) is 4.61. The quantitative estimate of drug-likeness (QED) is 0.635. The van der Waals surface area contributed by atoms with E-state index in [-0.39, 0.29) is 11.4 Å². The molecular weight excluding hydrogens is 317 g/mol. The van der Waals surface area contributed by atoms with Gasteiger partial charge in [0, 0.05) is 11.6 Å². The Balaban J connectivity index is 2.18. The fourth-order valence-corrected chi connectivity index (χ4v) is 2.71. The highest BCUT2D eigenvalue weighted by atomic mass is 35.5. The van der Waals surface area contributed by atoms with Gasteiger partial charge in [-0.2, -0.15) is 0 Å². The van der Waals surface area contributed by atoms with Crippen molar-refractivity contribution >= 4 is 34.2 Å². The number of hydrogen-bond donors (Lipinski definition) is 0. The molecule has 3 rings (SSSR count). The van der Waals surface area contributed by atoms with Crippen molar-refractivity contribution in [3.05, 3.63) is 64.4 Å². The Kier molecular flexibility index (Phi) is 3.83. The minimum atomic E-state index is -0.918. The van der Waals surface area contributed by atoms with Crippen LogP contribution in [0.5, 0.6) is 0 Å². The molecule has 0 bridgehead atoms. The molecular formula is C15H10Cl2F2N2. The van der Waals surface area contributed by atoms with Gasteiger partial charge in [-0.05, 0) is 29.8 Å². The van der Waals surface area contributed by atoms with Crippen molar-refractivity contribution in [2.45, 2.75) is 12.4 Å². The van der Waals surface area contributed by atoms with Crippen LogP contribution in [0, 0.1) is 11.6 Å². The Bertz CT molecular complexity index is 815. The molecule has 0 N–H and O–H groups in total. The second-order valence-corrected chi connectivity index (χ2v) is 5.31. The van der Waals surface area contributed by atoms with Crippen LogP contribution in [-0.2, 0) is 12.4 Å². The Morgan fingerprint density at radius 1 is 1.14 bits per heavy atom. The van der Waals surface area contributed by atoms with Gasteiger partial charge in [0.25, 0.3) is 0 Å². The van der Waals surface area contributed by atoms with Crippen LogP contribution >= 0.6 is 23.2 Å². The lowest BCUT2D eigenvalue weighted by atomic mass is 10.2. The van der Waals surface area contributed by atoms with E-state index in [0.717, 1.165) is 11.6 Å². The van der Waals surface area contributed by atoms with E-state index in [4.69, 9.17) is 23.2 Å². The first-order valence-corrected chi connectivity index (χ1v) is 7.15. The van der Waals surface area contributed by atoms with Crippen molar-refractivity contribution in [2.75, 3.05) is 0 Å². The maximum atomic E-state index is 14.1. The molecule has 0 atom stereocenters. The number of halogens is 4. The number of fused-ring (bicyclic) bond motifs is 1. The van der Waals surface area contributed by atoms with Crippen LogP contribution < -0.4 is 0 Å². The van der Waals surface area contributed by atoms with Gasteiger partial charge in [-0.1, -0.05) is 23.7 Å². The number of aromatic nitrogens is 2. The van der Waals surface area contributed by atoms with E-state index in [9.17, 15) is 8.78 Å². The van der Waals surface area contributed by atoms with Gasteiger partial charge in [0.1, 0.15) is 11.3 Å². The summed E-state index contributed by atoms with van der Waals surface area (Å²) in [6, 6.07) is 9.67. The first-order chi connectivity index (χ1) is 10.1. The van der Waals surface area contributed by atoms with Gasteiger partial charge >= 0.3 is 0 Å². The van der Waals surface area contributed by atoms with Crippen LogP contribution in [-0.4, -0.2) is 9.55 Å². The monoisotopic (exact) mass is 326 g/mol. The van der Waals surface area contributed by atoms with E-state index < -0.39 is 11.6 Å². The minimum Gasteiger partial charge on any atom is -0.320 e. The van der Waals surface area contributed by atoms with Crippen LogP contribution in [0.3, 0.4) is 0 Å². The van der Waals surface area contributed by atoms with E-state index in [1.54, 1.807) is 22.8 Å². The predicted molar refractivity (Wildman–Crippen MR) is 79.8 cm³/mol. The molecule has 2 nitrogen and oxygen atoms in total. The van der Waals surface area contributed by atoms with Crippen LogP contribution in [0.1, 0.15) is 11.4 Å². The number of rotatable bonds is 3. The number of imidazole rings is 1. The fourth-order valence-electron chi connectivity index (χ4n) is 2.30. The van der Waals surface area contributed by atoms with Gasteiger partial charge in [-0.3, -0.25) is 0 Å². The molecule has 1 aromatic heterocycles. The Hall–Kier alpha value is -1.65. The molecule has 0 unspecified atom stereocenters. The van der Waals surface area contributed by atoms with Gasteiger partial charge in [0.15, 0.2) is 11.6 Å². The highest BCUT2D eigenvalue weighted by Crippen LogP contribution is 2.24. The lowest BCUT2D eigenvalue weighted by molar-refractivity contribution is 0.512. The summed E-state index contributed by atoms with van der Waals surface area (Å²) in [5, 5.41) is 0.580. The van der Waals surface area contributed by atoms with Crippen LogP contribution in [0.15, 0.2) is 36.4 Å². The van der Waals surface area contributed by atoms with Crippen molar-refractivity contribution in [1.82, 2.24) is 9.55 Å². The summed E-state index contributed by atoms with van der Waals surface area (Å²) in [7, 11) is 0. The topological polar surface area (TPSA) is 17.8 Å². The third-order valence-electron chi connectivity index (χ3n) is 3.23. The van der Waals surface area contributed by atoms with E-state index in [2.05, 4.69) is 4.98 Å². The Morgan fingerprint density at radius 2 is 1.95 bits per heavy atom. The average molecular weight is 327 g/mol. The van der Waals surface area contributed by atoms with Crippen LogP contribution in [0.2, 0.25) is 5.02 Å². The van der Waals surface area contributed by atoms with Crippen molar-refractivity contribution in [3.8, 4) is 0 Å². The van der Waals surface area contributed by atoms with Crippen LogP contribution in [0.4, 0.5) is 8.78 Å². The summed E-state index contributed by atoms with van der Waals surface area (Å²) in [6.45, 7) is 0.319. The van der Waals surface area contributed by atoms with Gasteiger partial charge in [-0.25, -0.2) is 13.8 Å². The fraction of sp³-hybridized carbons (Fsp3) is 0.133. The highest BCUT2D eigenvalue weighted by molar-refractivity contribution is 6.30. The standard InChI is InChI=1S/C15H10Cl2F2N2/c16-7-13-20-12-5-4-11(18)14(19)15(12)21(13)8-9-2-1-3-10(17)6-9/h1-6H,7-8H2. The van der Waals surface area contributed by atoms with Gasteiger partial charge in [0.2, 0.25) is 0 Å². The van der Waals surface area contributed by atoms with E-state index in [1.165, 1.54) is 6.07 Å². The molecule has 6 heteroatoms. The van der Waals surface area contributed by atoms with Crippen molar-refractivity contribution < 1.29 is 8.78 Å². The van der Waals surface area contributed by atoms with Crippen molar-refractivity contribution in [3.63, 3.8) is 0 Å². The molecule has 0 aliphatic carbocycles. The summed E-state index contributed by atoms with van der Waals surface area (Å²) in [5.41, 5.74) is 1.36. The third kappa shape index (κ3) is 2.61. The van der Waals surface area contributed by atoms with Crippen molar-refractivity contribution in [2.24, 2.45) is 0 Å². The zero-order valence-corrected chi connectivity index (χ0v) is 12.3. The lowest BCUT2D eigenvalue weighted by Crippen LogP contribution is -2.05. The molecule has 0 radical (unpaired) electrons. The normalized spacial score (nSPS) is 11.2. The molecule has 1 heterocycles. The molecule has 0 spiro atoms. The van der Waals surface area contributed by atoms with Gasteiger partial charge in [0.05, 0.1) is 11.4 Å². The van der Waals surface area contributed by atoms with Crippen molar-refractivity contribution in [1.29, 1.82) is 0 Å². The molecule has 2 aromatic carbocycles. The zero-order chi connectivity index (χ0) is 15.0. The first-order valence-electron chi connectivity index (χ1n) is 6.23. The van der Waals surface area contributed by atoms with E-state index in [1.807, 2.05) is 6.07 Å². The summed E-state index contributed by atoms with van der Waals surface area (Å²) in [6.07, 6.45) is 0. The first kappa shape index (κ1) is 14.3. The summed E-state index contributed by atoms with van der Waals surface area (Å²) < 4.78 is 29.1. The van der Waals surface area contributed by atoms with E-state index in [0.29, 0.717) is 22.9 Å². The molecule has 0 saturated heterocycles. The molecule has 0 fully saturated rings. The Labute approximate surface area is 129 Å². The molecule has 0 amide bonds. The predicted octanol–water partition coefficient (Wildman–Crippen LogP) is 4.76. The van der Waals surface area contributed by atoms with Crippen LogP contribution in [0.25, 0.3) is 11.0 Å². The Morgan fingerprint density at radius 3 is 2.67 bits per heavy atom.